The number of likely N-dealkylation sites (N-methyl/N-ethyl adjacent to an activating group) is 1. The molecule has 0 N–H and O–H groups in total. The van der Waals surface area contributed by atoms with Gasteiger partial charge in [0.25, 0.3) is 0 Å². The van der Waals surface area contributed by atoms with Crippen LogP contribution in [0.5, 0.6) is 0 Å². The van der Waals surface area contributed by atoms with Gasteiger partial charge in [0.05, 0.1) is 5.52 Å². The molecule has 1 aliphatic heterocycles. The highest BCUT2D eigenvalue weighted by Gasteiger charge is 2.19. The van der Waals surface area contributed by atoms with Crippen molar-refractivity contribution in [2.75, 3.05) is 38.1 Å². The lowest BCUT2D eigenvalue weighted by Crippen LogP contribution is -2.45. The molecule has 1 fully saturated rings. The van der Waals surface area contributed by atoms with Gasteiger partial charge in [-0.1, -0.05) is 35.9 Å². The third kappa shape index (κ3) is 3.71. The molecule has 1 saturated heterocycles. The van der Waals surface area contributed by atoms with Crippen LogP contribution in [0.4, 0.5) is 5.82 Å². The quantitative estimate of drug-likeness (QED) is 0.675. The number of benzene rings is 2. The maximum Gasteiger partial charge on any atom is 0.162 e. The summed E-state index contributed by atoms with van der Waals surface area (Å²) in [7, 11) is 2.16. The first-order valence-corrected chi connectivity index (χ1v) is 8.55. The Hall–Kier alpha value is -1.88. The minimum Gasteiger partial charge on any atom is -0.353 e. The molecule has 2 aromatic carbocycles. The summed E-state index contributed by atoms with van der Waals surface area (Å²) in [5, 5.41) is 1.80. The Morgan fingerprint density at radius 3 is 2.44 bits per heavy atom. The summed E-state index contributed by atoms with van der Waals surface area (Å²) in [5.41, 5.74) is 1.92. The molecular weight excluding hydrogens is 355 g/mol. The maximum atomic E-state index is 6.15. The molecule has 0 radical (unpaired) electrons. The molecule has 6 heteroatoms. The number of aromatic nitrogens is 2. The number of fused-ring (bicyclic) bond motifs is 1. The summed E-state index contributed by atoms with van der Waals surface area (Å²) in [6.07, 6.45) is 0. The first-order valence-electron chi connectivity index (χ1n) is 8.17. The molecule has 0 aliphatic carbocycles. The summed E-state index contributed by atoms with van der Waals surface area (Å²) in [5.74, 6) is 1.74. The SMILES string of the molecule is CN1CCN(c2nc(-c3cccc(Cl)c3)nc3ccccc23)CC1.Cl. The van der Waals surface area contributed by atoms with Gasteiger partial charge < -0.3 is 9.80 Å². The monoisotopic (exact) mass is 374 g/mol. The van der Waals surface area contributed by atoms with E-state index in [9.17, 15) is 0 Å². The fraction of sp³-hybridized carbons (Fsp3) is 0.263. The van der Waals surface area contributed by atoms with E-state index in [0.29, 0.717) is 5.02 Å². The molecule has 130 valence electrons. The molecule has 3 aromatic rings. The van der Waals surface area contributed by atoms with E-state index in [-0.39, 0.29) is 12.4 Å². The fourth-order valence-electron chi connectivity index (χ4n) is 3.08. The van der Waals surface area contributed by atoms with Crippen molar-refractivity contribution in [3.05, 3.63) is 53.6 Å². The number of hydrogen-bond acceptors (Lipinski definition) is 4. The summed E-state index contributed by atoms with van der Waals surface area (Å²) >= 11 is 6.15. The first-order chi connectivity index (χ1) is 11.7. The van der Waals surface area contributed by atoms with Crippen LogP contribution in [0.2, 0.25) is 5.02 Å². The van der Waals surface area contributed by atoms with Crippen molar-refractivity contribution in [1.82, 2.24) is 14.9 Å². The van der Waals surface area contributed by atoms with Crippen LogP contribution in [0, 0.1) is 0 Å². The van der Waals surface area contributed by atoms with Gasteiger partial charge in [-0.25, -0.2) is 9.97 Å². The van der Waals surface area contributed by atoms with Gasteiger partial charge in [-0.2, -0.15) is 0 Å². The average molecular weight is 375 g/mol. The van der Waals surface area contributed by atoms with E-state index in [0.717, 1.165) is 54.3 Å². The number of hydrogen-bond donors (Lipinski definition) is 0. The molecule has 1 aliphatic rings. The van der Waals surface area contributed by atoms with Crippen LogP contribution in [-0.2, 0) is 0 Å². The summed E-state index contributed by atoms with van der Waals surface area (Å²) in [6.45, 7) is 4.05. The summed E-state index contributed by atoms with van der Waals surface area (Å²) < 4.78 is 0. The van der Waals surface area contributed by atoms with E-state index in [1.807, 2.05) is 42.5 Å². The number of rotatable bonds is 2. The first kappa shape index (κ1) is 17.9. The lowest BCUT2D eigenvalue weighted by Gasteiger charge is -2.33. The van der Waals surface area contributed by atoms with E-state index >= 15 is 0 Å². The number of nitrogens with zero attached hydrogens (tertiary/aromatic N) is 4. The van der Waals surface area contributed by atoms with Crippen molar-refractivity contribution in [1.29, 1.82) is 0 Å². The van der Waals surface area contributed by atoms with E-state index in [1.54, 1.807) is 0 Å². The zero-order chi connectivity index (χ0) is 16.5. The topological polar surface area (TPSA) is 32.3 Å². The third-order valence-corrected chi connectivity index (χ3v) is 4.70. The van der Waals surface area contributed by atoms with Crippen LogP contribution in [0.25, 0.3) is 22.3 Å². The molecule has 4 nitrogen and oxygen atoms in total. The average Bonchev–Trinajstić information content (AvgIpc) is 2.61. The molecule has 25 heavy (non-hydrogen) atoms. The second-order valence-corrected chi connectivity index (χ2v) is 6.63. The number of anilines is 1. The Morgan fingerprint density at radius 2 is 1.68 bits per heavy atom. The van der Waals surface area contributed by atoms with Gasteiger partial charge in [0.1, 0.15) is 5.82 Å². The van der Waals surface area contributed by atoms with Gasteiger partial charge in [-0.3, -0.25) is 0 Å². The minimum atomic E-state index is 0. The fourth-order valence-corrected chi connectivity index (χ4v) is 3.27. The predicted molar refractivity (Wildman–Crippen MR) is 107 cm³/mol. The van der Waals surface area contributed by atoms with Gasteiger partial charge in [-0.15, -0.1) is 12.4 Å². The minimum absolute atomic E-state index is 0. The molecule has 0 bridgehead atoms. The molecule has 4 rings (SSSR count). The van der Waals surface area contributed by atoms with Crippen molar-refractivity contribution in [3.63, 3.8) is 0 Å². The zero-order valence-corrected chi connectivity index (χ0v) is 15.6. The van der Waals surface area contributed by atoms with Crippen molar-refractivity contribution in [2.45, 2.75) is 0 Å². The number of para-hydroxylation sites is 1. The van der Waals surface area contributed by atoms with Crippen LogP contribution in [0.15, 0.2) is 48.5 Å². The Kier molecular flexibility index (Phi) is 5.42. The maximum absolute atomic E-state index is 6.15. The van der Waals surface area contributed by atoms with Gasteiger partial charge in [0.2, 0.25) is 0 Å². The van der Waals surface area contributed by atoms with E-state index in [4.69, 9.17) is 21.6 Å². The second-order valence-electron chi connectivity index (χ2n) is 6.19. The number of piperazine rings is 1. The highest BCUT2D eigenvalue weighted by molar-refractivity contribution is 6.30. The standard InChI is InChI=1S/C19H19ClN4.ClH/c1-23-9-11-24(12-10-23)19-16-7-2-3-8-17(16)21-18(22-19)14-5-4-6-15(20)13-14;/h2-8,13H,9-12H2,1H3;1H. The van der Waals surface area contributed by atoms with Gasteiger partial charge in [-0.05, 0) is 31.3 Å². The molecule has 0 amide bonds. The molecule has 0 spiro atoms. The van der Waals surface area contributed by atoms with Crippen LogP contribution in [-0.4, -0.2) is 48.1 Å². The Labute approximate surface area is 158 Å². The van der Waals surface area contributed by atoms with Crippen LogP contribution >= 0.6 is 24.0 Å². The van der Waals surface area contributed by atoms with Crippen LogP contribution < -0.4 is 4.90 Å². The molecule has 0 atom stereocenters. The van der Waals surface area contributed by atoms with Gasteiger partial charge in [0.15, 0.2) is 5.82 Å². The highest BCUT2D eigenvalue weighted by atomic mass is 35.5. The normalized spacial score (nSPS) is 15.2. The van der Waals surface area contributed by atoms with Crippen molar-refractivity contribution >= 4 is 40.7 Å². The molecule has 0 saturated carbocycles. The van der Waals surface area contributed by atoms with Crippen molar-refractivity contribution in [2.24, 2.45) is 0 Å². The Balaban J connectivity index is 0.00000182. The lowest BCUT2D eigenvalue weighted by molar-refractivity contribution is 0.312. The van der Waals surface area contributed by atoms with Crippen LogP contribution in [0.1, 0.15) is 0 Å². The summed E-state index contributed by atoms with van der Waals surface area (Å²) in [4.78, 5) is 14.4. The van der Waals surface area contributed by atoms with E-state index in [2.05, 4.69) is 22.9 Å². The van der Waals surface area contributed by atoms with Crippen molar-refractivity contribution in [3.8, 4) is 11.4 Å². The smallest absolute Gasteiger partial charge is 0.162 e. The number of halogens is 2. The summed E-state index contributed by atoms with van der Waals surface area (Å²) in [6, 6.07) is 15.9. The van der Waals surface area contributed by atoms with Gasteiger partial charge >= 0.3 is 0 Å². The molecule has 1 aromatic heterocycles. The molecular formula is C19H20Cl2N4. The second kappa shape index (κ2) is 7.56. The Bertz CT molecular complexity index is 876. The highest BCUT2D eigenvalue weighted by Crippen LogP contribution is 2.29. The third-order valence-electron chi connectivity index (χ3n) is 4.47. The predicted octanol–water partition coefficient (Wildman–Crippen LogP) is 4.12. The van der Waals surface area contributed by atoms with E-state index < -0.39 is 0 Å². The molecule has 0 unspecified atom stereocenters. The zero-order valence-electron chi connectivity index (χ0n) is 14.0. The Morgan fingerprint density at radius 1 is 0.920 bits per heavy atom. The van der Waals surface area contributed by atoms with Crippen molar-refractivity contribution < 1.29 is 0 Å². The largest absolute Gasteiger partial charge is 0.353 e. The van der Waals surface area contributed by atoms with Gasteiger partial charge in [0, 0.05) is 42.2 Å². The molecule has 2 heterocycles. The van der Waals surface area contributed by atoms with Crippen LogP contribution in [0.3, 0.4) is 0 Å². The van der Waals surface area contributed by atoms with E-state index in [1.165, 1.54) is 0 Å². The lowest BCUT2D eigenvalue weighted by atomic mass is 10.1.